The highest BCUT2D eigenvalue weighted by Crippen LogP contribution is 2.35. The second-order valence-corrected chi connectivity index (χ2v) is 9.22. The van der Waals surface area contributed by atoms with E-state index in [-0.39, 0.29) is 0 Å². The summed E-state index contributed by atoms with van der Waals surface area (Å²) in [6.45, 7) is 8.47. The molecule has 0 aliphatic carbocycles. The number of fused-ring (bicyclic) bond motifs is 1. The summed E-state index contributed by atoms with van der Waals surface area (Å²) in [5.74, 6) is 1.03. The van der Waals surface area contributed by atoms with Crippen molar-refractivity contribution in [1.82, 2.24) is 24.6 Å². The number of likely N-dealkylation sites (tertiary alicyclic amines) is 1. The topological polar surface area (TPSA) is 84.9 Å². The van der Waals surface area contributed by atoms with Gasteiger partial charge in [0.1, 0.15) is 0 Å². The standard InChI is InChI=1S/C27H33N7/c1-19-11-9-12-20(2)22(19)24-23-25(28)32-34(18-10-17-33-15-7-4-8-16-33)26(23)31-27(30-24)29-21-13-5-3-6-14-21/h3,5-6,9,11-14H,4,7-8,10,15-18H2,1-2H3,(H2,28,32)(H,29,30,31). The lowest BCUT2D eigenvalue weighted by Gasteiger charge is -2.26. The summed E-state index contributed by atoms with van der Waals surface area (Å²) in [5.41, 5.74) is 12.4. The van der Waals surface area contributed by atoms with E-state index < -0.39 is 0 Å². The normalized spacial score (nSPS) is 14.5. The van der Waals surface area contributed by atoms with E-state index in [1.807, 2.05) is 35.0 Å². The molecule has 3 N–H and O–H groups in total. The van der Waals surface area contributed by atoms with Gasteiger partial charge < -0.3 is 16.0 Å². The molecular weight excluding hydrogens is 422 g/mol. The van der Waals surface area contributed by atoms with Crippen LogP contribution in [-0.2, 0) is 6.54 Å². The molecule has 0 radical (unpaired) electrons. The summed E-state index contributed by atoms with van der Waals surface area (Å²) in [6.07, 6.45) is 4.98. The number of nitrogen functional groups attached to an aromatic ring is 1. The molecule has 7 heteroatoms. The van der Waals surface area contributed by atoms with Crippen LogP contribution in [0.2, 0.25) is 0 Å². The van der Waals surface area contributed by atoms with E-state index in [0.29, 0.717) is 11.8 Å². The van der Waals surface area contributed by atoms with Crippen molar-refractivity contribution in [3.63, 3.8) is 0 Å². The van der Waals surface area contributed by atoms with E-state index in [0.717, 1.165) is 58.6 Å². The highest BCUT2D eigenvalue weighted by atomic mass is 15.3. The smallest absolute Gasteiger partial charge is 0.229 e. The molecule has 2 aromatic carbocycles. The predicted octanol–water partition coefficient (Wildman–Crippen LogP) is 5.31. The summed E-state index contributed by atoms with van der Waals surface area (Å²) < 4.78 is 1.96. The van der Waals surface area contributed by atoms with Gasteiger partial charge in [-0.25, -0.2) is 9.67 Å². The van der Waals surface area contributed by atoms with Gasteiger partial charge in [0.2, 0.25) is 5.95 Å². The third kappa shape index (κ3) is 4.61. The van der Waals surface area contributed by atoms with E-state index in [1.54, 1.807) is 0 Å². The number of nitrogens with one attached hydrogen (secondary N) is 1. The average molecular weight is 456 g/mol. The Kier molecular flexibility index (Phi) is 6.45. The molecular formula is C27H33N7. The zero-order valence-corrected chi connectivity index (χ0v) is 20.1. The first-order valence-electron chi connectivity index (χ1n) is 12.2. The number of para-hydroxylation sites is 1. The molecule has 1 aliphatic heterocycles. The predicted molar refractivity (Wildman–Crippen MR) is 139 cm³/mol. The minimum Gasteiger partial charge on any atom is -0.382 e. The zero-order valence-electron chi connectivity index (χ0n) is 20.1. The fourth-order valence-corrected chi connectivity index (χ4v) is 4.96. The van der Waals surface area contributed by atoms with Crippen molar-refractivity contribution in [2.45, 2.75) is 46.1 Å². The molecule has 0 amide bonds. The number of benzene rings is 2. The highest BCUT2D eigenvalue weighted by Gasteiger charge is 2.21. The lowest BCUT2D eigenvalue weighted by molar-refractivity contribution is 0.222. The van der Waals surface area contributed by atoms with Gasteiger partial charge in [0.05, 0.1) is 11.1 Å². The Balaban J connectivity index is 1.55. The van der Waals surface area contributed by atoms with Gasteiger partial charge in [-0.1, -0.05) is 42.8 Å². The Morgan fingerprint density at radius 1 is 0.882 bits per heavy atom. The third-order valence-corrected chi connectivity index (χ3v) is 6.66. The summed E-state index contributed by atoms with van der Waals surface area (Å²) in [4.78, 5) is 12.4. The van der Waals surface area contributed by atoms with Gasteiger partial charge in [0, 0.05) is 17.8 Å². The van der Waals surface area contributed by atoms with Crippen molar-refractivity contribution in [3.05, 3.63) is 59.7 Å². The van der Waals surface area contributed by atoms with Crippen LogP contribution in [-0.4, -0.2) is 44.3 Å². The van der Waals surface area contributed by atoms with Crippen LogP contribution in [0.4, 0.5) is 17.5 Å². The van der Waals surface area contributed by atoms with E-state index >= 15 is 0 Å². The molecule has 0 unspecified atom stereocenters. The van der Waals surface area contributed by atoms with Crippen molar-refractivity contribution >= 4 is 28.5 Å². The summed E-state index contributed by atoms with van der Waals surface area (Å²) in [5, 5.41) is 8.92. The summed E-state index contributed by atoms with van der Waals surface area (Å²) in [7, 11) is 0. The molecule has 4 aromatic rings. The first-order valence-corrected chi connectivity index (χ1v) is 12.2. The van der Waals surface area contributed by atoms with Crippen LogP contribution in [0, 0.1) is 13.8 Å². The zero-order chi connectivity index (χ0) is 23.5. The number of rotatable bonds is 7. The molecule has 5 rings (SSSR count). The molecule has 0 bridgehead atoms. The lowest BCUT2D eigenvalue weighted by Crippen LogP contribution is -2.31. The molecule has 1 fully saturated rings. The van der Waals surface area contributed by atoms with Crippen molar-refractivity contribution in [2.75, 3.05) is 30.7 Å². The Bertz CT molecular complexity index is 1250. The molecule has 2 aromatic heterocycles. The van der Waals surface area contributed by atoms with E-state index in [1.165, 1.54) is 32.4 Å². The minimum absolute atomic E-state index is 0.483. The van der Waals surface area contributed by atoms with E-state index in [9.17, 15) is 0 Å². The molecule has 7 nitrogen and oxygen atoms in total. The molecule has 34 heavy (non-hydrogen) atoms. The fraction of sp³-hybridized carbons (Fsp3) is 0.370. The van der Waals surface area contributed by atoms with Crippen LogP contribution in [0.25, 0.3) is 22.3 Å². The molecule has 176 valence electrons. The molecule has 1 saturated heterocycles. The van der Waals surface area contributed by atoms with Crippen LogP contribution >= 0.6 is 0 Å². The summed E-state index contributed by atoms with van der Waals surface area (Å²) >= 11 is 0. The number of nitrogens with zero attached hydrogens (tertiary/aromatic N) is 5. The molecule has 0 atom stereocenters. The number of piperidine rings is 1. The number of aromatic nitrogens is 4. The largest absolute Gasteiger partial charge is 0.382 e. The molecule has 0 spiro atoms. The molecule has 0 saturated carbocycles. The molecule has 1 aliphatic rings. The van der Waals surface area contributed by atoms with Gasteiger partial charge in [0.15, 0.2) is 11.5 Å². The van der Waals surface area contributed by atoms with Crippen LogP contribution in [0.5, 0.6) is 0 Å². The van der Waals surface area contributed by atoms with Crippen LogP contribution in [0.1, 0.15) is 36.8 Å². The molecule has 3 heterocycles. The Labute approximate surface area is 201 Å². The monoisotopic (exact) mass is 455 g/mol. The van der Waals surface area contributed by atoms with E-state index in [2.05, 4.69) is 42.3 Å². The van der Waals surface area contributed by atoms with Gasteiger partial charge >= 0.3 is 0 Å². The number of nitrogens with two attached hydrogens (primary N) is 1. The van der Waals surface area contributed by atoms with Crippen LogP contribution in [0.15, 0.2) is 48.5 Å². The first-order chi connectivity index (χ1) is 16.6. The first kappa shape index (κ1) is 22.3. The van der Waals surface area contributed by atoms with Gasteiger partial charge in [-0.05, 0) is 76.0 Å². The lowest BCUT2D eigenvalue weighted by atomic mass is 9.98. The quantitative estimate of drug-likeness (QED) is 0.393. The van der Waals surface area contributed by atoms with Crippen molar-refractivity contribution in [2.24, 2.45) is 0 Å². The maximum atomic E-state index is 6.49. The van der Waals surface area contributed by atoms with Crippen molar-refractivity contribution in [1.29, 1.82) is 0 Å². The van der Waals surface area contributed by atoms with Gasteiger partial charge in [-0.15, -0.1) is 0 Å². The van der Waals surface area contributed by atoms with Gasteiger partial charge in [0.25, 0.3) is 0 Å². The number of aryl methyl sites for hydroxylation is 3. The summed E-state index contributed by atoms with van der Waals surface area (Å²) in [6, 6.07) is 16.3. The Morgan fingerprint density at radius 3 is 2.35 bits per heavy atom. The van der Waals surface area contributed by atoms with Crippen LogP contribution < -0.4 is 11.1 Å². The average Bonchev–Trinajstić information content (AvgIpc) is 3.15. The maximum absolute atomic E-state index is 6.49. The van der Waals surface area contributed by atoms with Crippen LogP contribution in [0.3, 0.4) is 0 Å². The minimum atomic E-state index is 0.483. The van der Waals surface area contributed by atoms with Crippen molar-refractivity contribution < 1.29 is 0 Å². The van der Waals surface area contributed by atoms with E-state index in [4.69, 9.17) is 20.8 Å². The SMILES string of the molecule is Cc1cccc(C)c1-c1nc(Nc2ccccc2)nc2c1c(N)nn2CCCN1CCCCC1. The Hall–Kier alpha value is -3.45. The second kappa shape index (κ2) is 9.81. The number of anilines is 3. The van der Waals surface area contributed by atoms with Gasteiger partial charge in [-0.2, -0.15) is 10.1 Å². The fourth-order valence-electron chi connectivity index (χ4n) is 4.96. The number of hydrogen-bond acceptors (Lipinski definition) is 6. The number of hydrogen-bond donors (Lipinski definition) is 2. The Morgan fingerprint density at radius 2 is 1.62 bits per heavy atom. The second-order valence-electron chi connectivity index (χ2n) is 9.22. The van der Waals surface area contributed by atoms with Gasteiger partial charge in [-0.3, -0.25) is 0 Å². The van der Waals surface area contributed by atoms with Crippen molar-refractivity contribution in [3.8, 4) is 11.3 Å². The highest BCUT2D eigenvalue weighted by molar-refractivity contribution is 6.00. The maximum Gasteiger partial charge on any atom is 0.229 e. The third-order valence-electron chi connectivity index (χ3n) is 6.66.